The van der Waals surface area contributed by atoms with Crippen LogP contribution in [-0.4, -0.2) is 37.0 Å². The van der Waals surface area contributed by atoms with Crippen LogP contribution in [0.15, 0.2) is 0 Å². The van der Waals surface area contributed by atoms with Gasteiger partial charge < -0.3 is 15.2 Å². The molecule has 0 aromatic rings. The highest BCUT2D eigenvalue weighted by atomic mass is 16.5. The molecule has 1 saturated carbocycles. The minimum atomic E-state index is -0.666. The Labute approximate surface area is 112 Å². The molecule has 0 saturated heterocycles. The molecule has 18 heavy (non-hydrogen) atoms. The third-order valence-corrected chi connectivity index (χ3v) is 4.00. The molecular weight excluding hydrogens is 226 g/mol. The van der Waals surface area contributed by atoms with Crippen LogP contribution in [0.5, 0.6) is 0 Å². The van der Waals surface area contributed by atoms with Crippen LogP contribution in [0.1, 0.15) is 53.4 Å². The Hall–Kier alpha value is -0.120. The van der Waals surface area contributed by atoms with Crippen LogP contribution in [-0.2, 0) is 4.74 Å². The van der Waals surface area contributed by atoms with Crippen molar-refractivity contribution in [3.8, 4) is 0 Å². The van der Waals surface area contributed by atoms with Gasteiger partial charge in [0.15, 0.2) is 0 Å². The van der Waals surface area contributed by atoms with E-state index in [-0.39, 0.29) is 0 Å². The molecular formula is C15H31NO2. The Morgan fingerprint density at radius 2 is 2.06 bits per heavy atom. The van der Waals surface area contributed by atoms with E-state index in [1.807, 2.05) is 6.92 Å². The van der Waals surface area contributed by atoms with Crippen LogP contribution < -0.4 is 5.32 Å². The first-order valence-electron chi connectivity index (χ1n) is 7.19. The van der Waals surface area contributed by atoms with Crippen molar-refractivity contribution in [3.63, 3.8) is 0 Å². The molecule has 3 unspecified atom stereocenters. The summed E-state index contributed by atoms with van der Waals surface area (Å²) in [4.78, 5) is 0. The Bertz CT molecular complexity index is 251. The van der Waals surface area contributed by atoms with Crippen LogP contribution in [0.25, 0.3) is 0 Å². The minimum absolute atomic E-state index is 0.424. The minimum Gasteiger partial charge on any atom is -0.389 e. The first-order valence-corrected chi connectivity index (χ1v) is 7.19. The van der Waals surface area contributed by atoms with E-state index in [9.17, 15) is 5.11 Å². The summed E-state index contributed by atoms with van der Waals surface area (Å²) in [7, 11) is 1.68. The molecule has 0 heterocycles. The maximum absolute atomic E-state index is 10.2. The molecule has 0 bridgehead atoms. The third-order valence-electron chi connectivity index (χ3n) is 4.00. The Morgan fingerprint density at radius 1 is 1.39 bits per heavy atom. The second-order valence-electron chi connectivity index (χ2n) is 7.23. The Morgan fingerprint density at radius 3 is 2.61 bits per heavy atom. The lowest BCUT2D eigenvalue weighted by Crippen LogP contribution is -2.47. The summed E-state index contributed by atoms with van der Waals surface area (Å²) in [6.45, 7) is 10.2. The second kappa shape index (κ2) is 6.36. The van der Waals surface area contributed by atoms with Gasteiger partial charge in [-0.3, -0.25) is 0 Å². The Balaban J connectivity index is 2.38. The summed E-state index contributed by atoms with van der Waals surface area (Å²) >= 11 is 0. The Kier molecular flexibility index (Phi) is 5.63. The highest BCUT2D eigenvalue weighted by molar-refractivity contribution is 4.88. The molecule has 0 aromatic carbocycles. The largest absolute Gasteiger partial charge is 0.389 e. The molecule has 0 spiro atoms. The van der Waals surface area contributed by atoms with Crippen molar-refractivity contribution in [2.24, 2.45) is 11.3 Å². The van der Waals surface area contributed by atoms with Gasteiger partial charge in [-0.2, -0.15) is 0 Å². The van der Waals surface area contributed by atoms with Crippen LogP contribution in [0.3, 0.4) is 0 Å². The topological polar surface area (TPSA) is 41.5 Å². The molecule has 0 amide bonds. The normalized spacial score (nSPS) is 31.0. The molecule has 1 aliphatic carbocycles. The summed E-state index contributed by atoms with van der Waals surface area (Å²) in [6.07, 6.45) is 4.43. The highest BCUT2D eigenvalue weighted by Crippen LogP contribution is 2.38. The third kappa shape index (κ3) is 5.68. The molecule has 3 nitrogen and oxygen atoms in total. The SMILES string of the molecule is COCCC(C)(O)CNC1CC(C)CC(C)(C)C1. The zero-order valence-electron chi connectivity index (χ0n) is 12.8. The van der Waals surface area contributed by atoms with Gasteiger partial charge in [-0.1, -0.05) is 20.8 Å². The van der Waals surface area contributed by atoms with Crippen molar-refractivity contribution in [2.45, 2.75) is 65.0 Å². The van der Waals surface area contributed by atoms with Crippen LogP contribution >= 0.6 is 0 Å². The number of rotatable bonds is 6. The highest BCUT2D eigenvalue weighted by Gasteiger charge is 2.32. The van der Waals surface area contributed by atoms with Gasteiger partial charge in [-0.05, 0) is 37.5 Å². The van der Waals surface area contributed by atoms with Gasteiger partial charge in [0.2, 0.25) is 0 Å². The fourth-order valence-electron chi connectivity index (χ4n) is 3.28. The van der Waals surface area contributed by atoms with Crippen molar-refractivity contribution in [1.29, 1.82) is 0 Å². The monoisotopic (exact) mass is 257 g/mol. The first-order chi connectivity index (χ1) is 8.24. The smallest absolute Gasteiger partial charge is 0.0765 e. The van der Waals surface area contributed by atoms with E-state index in [2.05, 4.69) is 26.1 Å². The maximum atomic E-state index is 10.2. The summed E-state index contributed by atoms with van der Waals surface area (Å²) in [5.74, 6) is 0.773. The number of aliphatic hydroxyl groups is 1. The van der Waals surface area contributed by atoms with Crippen molar-refractivity contribution in [3.05, 3.63) is 0 Å². The van der Waals surface area contributed by atoms with Gasteiger partial charge in [-0.25, -0.2) is 0 Å². The number of hydrogen-bond acceptors (Lipinski definition) is 3. The average Bonchev–Trinajstić information content (AvgIpc) is 2.21. The molecule has 2 N–H and O–H groups in total. The zero-order valence-corrected chi connectivity index (χ0v) is 12.8. The second-order valence-corrected chi connectivity index (χ2v) is 7.23. The number of methoxy groups -OCH3 is 1. The van der Waals surface area contributed by atoms with E-state index < -0.39 is 5.60 Å². The van der Waals surface area contributed by atoms with Crippen LogP contribution in [0, 0.1) is 11.3 Å². The molecule has 0 aliphatic heterocycles. The molecule has 108 valence electrons. The maximum Gasteiger partial charge on any atom is 0.0765 e. The first kappa shape index (κ1) is 15.9. The average molecular weight is 257 g/mol. The lowest BCUT2D eigenvalue weighted by atomic mass is 9.70. The van der Waals surface area contributed by atoms with E-state index >= 15 is 0 Å². The van der Waals surface area contributed by atoms with E-state index in [0.717, 1.165) is 5.92 Å². The van der Waals surface area contributed by atoms with Crippen molar-refractivity contribution < 1.29 is 9.84 Å². The summed E-state index contributed by atoms with van der Waals surface area (Å²) < 4.78 is 5.03. The van der Waals surface area contributed by atoms with E-state index in [1.165, 1.54) is 19.3 Å². The van der Waals surface area contributed by atoms with Crippen molar-refractivity contribution >= 4 is 0 Å². The van der Waals surface area contributed by atoms with Crippen LogP contribution in [0.4, 0.5) is 0 Å². The predicted octanol–water partition coefficient (Wildman–Crippen LogP) is 2.58. The molecule has 1 aliphatic rings. The van der Waals surface area contributed by atoms with E-state index in [1.54, 1.807) is 7.11 Å². The van der Waals surface area contributed by atoms with Gasteiger partial charge in [0, 0.05) is 32.7 Å². The summed E-state index contributed by atoms with van der Waals surface area (Å²) in [6, 6.07) is 0.540. The number of ether oxygens (including phenoxy) is 1. The molecule has 1 rings (SSSR count). The fraction of sp³-hybridized carbons (Fsp3) is 1.00. The van der Waals surface area contributed by atoms with E-state index in [4.69, 9.17) is 4.74 Å². The van der Waals surface area contributed by atoms with E-state index in [0.29, 0.717) is 31.0 Å². The predicted molar refractivity (Wildman–Crippen MR) is 75.7 cm³/mol. The number of hydrogen-bond donors (Lipinski definition) is 2. The lowest BCUT2D eigenvalue weighted by molar-refractivity contribution is 0.0180. The molecule has 1 fully saturated rings. The lowest BCUT2D eigenvalue weighted by Gasteiger charge is -2.40. The van der Waals surface area contributed by atoms with Gasteiger partial charge in [0.1, 0.15) is 0 Å². The number of nitrogens with one attached hydrogen (secondary N) is 1. The van der Waals surface area contributed by atoms with Gasteiger partial charge in [0.05, 0.1) is 5.60 Å². The molecule has 0 radical (unpaired) electrons. The van der Waals surface area contributed by atoms with Crippen molar-refractivity contribution in [2.75, 3.05) is 20.3 Å². The molecule has 3 atom stereocenters. The van der Waals surface area contributed by atoms with Gasteiger partial charge >= 0.3 is 0 Å². The standard InChI is InChI=1S/C15H31NO2/c1-12-8-13(10-14(2,3)9-12)16-11-15(4,17)6-7-18-5/h12-13,16-17H,6-11H2,1-5H3. The molecule has 3 heteroatoms. The molecule has 0 aromatic heterocycles. The zero-order chi connectivity index (χ0) is 13.8. The van der Waals surface area contributed by atoms with Crippen molar-refractivity contribution in [1.82, 2.24) is 5.32 Å². The van der Waals surface area contributed by atoms with Gasteiger partial charge in [0.25, 0.3) is 0 Å². The fourth-order valence-corrected chi connectivity index (χ4v) is 3.28. The summed E-state index contributed by atoms with van der Waals surface area (Å²) in [5.41, 5.74) is -0.242. The van der Waals surface area contributed by atoms with Gasteiger partial charge in [-0.15, -0.1) is 0 Å². The summed E-state index contributed by atoms with van der Waals surface area (Å²) in [5, 5.41) is 13.8. The quantitative estimate of drug-likeness (QED) is 0.768. The van der Waals surface area contributed by atoms with Crippen LogP contribution in [0.2, 0.25) is 0 Å².